The molecule has 1 aliphatic rings. The molecule has 0 aromatic heterocycles. The van der Waals surface area contributed by atoms with E-state index in [1.54, 1.807) is 0 Å². The van der Waals surface area contributed by atoms with Crippen LogP contribution in [0.25, 0.3) is 0 Å². The van der Waals surface area contributed by atoms with Gasteiger partial charge in [-0.3, -0.25) is 0 Å². The van der Waals surface area contributed by atoms with Crippen LogP contribution in [0.3, 0.4) is 0 Å². The zero-order valence-electron chi connectivity index (χ0n) is 11.7. The lowest BCUT2D eigenvalue weighted by molar-refractivity contribution is 0.277. The smallest absolute Gasteiger partial charge is 0.0505 e. The molecule has 2 rings (SSSR count). The largest absolute Gasteiger partial charge is 0.368 e. The average molecular weight is 264 g/mol. The van der Waals surface area contributed by atoms with Crippen molar-refractivity contribution in [2.24, 2.45) is 0 Å². The van der Waals surface area contributed by atoms with Gasteiger partial charge in [0, 0.05) is 30.1 Å². The van der Waals surface area contributed by atoms with Crippen LogP contribution in [-0.4, -0.2) is 31.4 Å². The monoisotopic (exact) mass is 264 g/mol. The van der Waals surface area contributed by atoms with Crippen molar-refractivity contribution in [2.75, 3.05) is 30.8 Å². The zero-order chi connectivity index (χ0) is 13.0. The first-order valence-electron chi connectivity index (χ1n) is 6.87. The summed E-state index contributed by atoms with van der Waals surface area (Å²) in [6.45, 7) is 7.91. The number of piperazine rings is 1. The Morgan fingerprint density at radius 2 is 2.00 bits per heavy atom. The zero-order valence-corrected chi connectivity index (χ0v) is 12.5. The van der Waals surface area contributed by atoms with Gasteiger partial charge in [0.05, 0.1) is 5.69 Å². The Labute approximate surface area is 115 Å². The van der Waals surface area contributed by atoms with E-state index >= 15 is 0 Å². The molecule has 1 aromatic carbocycles. The van der Waals surface area contributed by atoms with Crippen molar-refractivity contribution in [1.82, 2.24) is 5.32 Å². The third kappa shape index (κ3) is 2.67. The highest BCUT2D eigenvalue weighted by atomic mass is 32.2. The van der Waals surface area contributed by atoms with Crippen LogP contribution in [0.5, 0.6) is 0 Å². The van der Waals surface area contributed by atoms with E-state index in [-0.39, 0.29) is 0 Å². The molecular weight excluding hydrogens is 240 g/mol. The number of rotatable bonds is 4. The Hall–Kier alpha value is -0.670. The van der Waals surface area contributed by atoms with Gasteiger partial charge in [0.2, 0.25) is 0 Å². The quantitative estimate of drug-likeness (QED) is 0.839. The SMILES string of the molecule is CCC1(CC)CN(c2ccccc2SC)CCN1. The molecule has 1 aromatic rings. The van der Waals surface area contributed by atoms with Gasteiger partial charge in [-0.25, -0.2) is 0 Å². The predicted octanol–water partition coefficient (Wildman–Crippen LogP) is 3.38. The second kappa shape index (κ2) is 5.98. The topological polar surface area (TPSA) is 15.3 Å². The molecule has 0 radical (unpaired) electrons. The highest BCUT2D eigenvalue weighted by Gasteiger charge is 2.32. The third-order valence-electron chi connectivity index (χ3n) is 4.15. The minimum Gasteiger partial charge on any atom is -0.368 e. The van der Waals surface area contributed by atoms with Gasteiger partial charge >= 0.3 is 0 Å². The van der Waals surface area contributed by atoms with E-state index in [0.717, 1.165) is 19.6 Å². The number of nitrogens with one attached hydrogen (secondary N) is 1. The Kier molecular flexibility index (Phi) is 4.57. The number of thioether (sulfide) groups is 1. The molecule has 2 nitrogen and oxygen atoms in total. The lowest BCUT2D eigenvalue weighted by atomic mass is 9.90. The lowest BCUT2D eigenvalue weighted by Gasteiger charge is -2.44. The molecular formula is C15H24N2S. The van der Waals surface area contributed by atoms with E-state index in [9.17, 15) is 0 Å². The first-order chi connectivity index (χ1) is 8.74. The molecule has 1 aliphatic heterocycles. The van der Waals surface area contributed by atoms with E-state index in [1.165, 1.54) is 23.4 Å². The van der Waals surface area contributed by atoms with Crippen LogP contribution in [-0.2, 0) is 0 Å². The summed E-state index contributed by atoms with van der Waals surface area (Å²) in [7, 11) is 0. The molecule has 0 amide bonds. The van der Waals surface area contributed by atoms with Crippen LogP contribution in [0, 0.1) is 0 Å². The minimum atomic E-state index is 0.295. The molecule has 0 atom stereocenters. The van der Waals surface area contributed by atoms with E-state index in [1.807, 2.05) is 11.8 Å². The second-order valence-corrected chi connectivity index (χ2v) is 5.86. The molecule has 1 heterocycles. The maximum absolute atomic E-state index is 3.72. The number of anilines is 1. The summed E-state index contributed by atoms with van der Waals surface area (Å²) >= 11 is 1.84. The van der Waals surface area contributed by atoms with Crippen LogP contribution in [0.1, 0.15) is 26.7 Å². The first-order valence-corrected chi connectivity index (χ1v) is 8.10. The van der Waals surface area contributed by atoms with E-state index in [2.05, 4.69) is 54.6 Å². The summed E-state index contributed by atoms with van der Waals surface area (Å²) in [5, 5.41) is 3.72. The Morgan fingerprint density at radius 1 is 1.28 bits per heavy atom. The Bertz CT molecular complexity index is 388. The van der Waals surface area contributed by atoms with Crippen molar-refractivity contribution in [1.29, 1.82) is 0 Å². The van der Waals surface area contributed by atoms with Gasteiger partial charge in [-0.15, -0.1) is 11.8 Å². The molecule has 0 unspecified atom stereocenters. The van der Waals surface area contributed by atoms with E-state index in [0.29, 0.717) is 5.54 Å². The van der Waals surface area contributed by atoms with Crippen LogP contribution < -0.4 is 10.2 Å². The van der Waals surface area contributed by atoms with Gasteiger partial charge < -0.3 is 10.2 Å². The highest BCUT2D eigenvalue weighted by molar-refractivity contribution is 7.98. The summed E-state index contributed by atoms with van der Waals surface area (Å²) in [5.41, 5.74) is 1.70. The normalized spacial score (nSPS) is 18.9. The van der Waals surface area contributed by atoms with Crippen molar-refractivity contribution in [3.8, 4) is 0 Å². The van der Waals surface area contributed by atoms with E-state index in [4.69, 9.17) is 0 Å². The molecule has 100 valence electrons. The van der Waals surface area contributed by atoms with E-state index < -0.39 is 0 Å². The van der Waals surface area contributed by atoms with Crippen LogP contribution >= 0.6 is 11.8 Å². The van der Waals surface area contributed by atoms with Crippen molar-refractivity contribution in [3.63, 3.8) is 0 Å². The van der Waals surface area contributed by atoms with Crippen LogP contribution in [0.2, 0.25) is 0 Å². The fraction of sp³-hybridized carbons (Fsp3) is 0.600. The maximum atomic E-state index is 3.72. The van der Waals surface area contributed by atoms with Gasteiger partial charge in [0.1, 0.15) is 0 Å². The number of benzene rings is 1. The number of nitrogens with zero attached hydrogens (tertiary/aromatic N) is 1. The maximum Gasteiger partial charge on any atom is 0.0505 e. The van der Waals surface area contributed by atoms with Crippen molar-refractivity contribution < 1.29 is 0 Å². The Morgan fingerprint density at radius 3 is 2.67 bits per heavy atom. The molecule has 1 N–H and O–H groups in total. The number of hydrogen-bond acceptors (Lipinski definition) is 3. The molecule has 1 fully saturated rings. The summed E-state index contributed by atoms with van der Waals surface area (Å²) < 4.78 is 0. The van der Waals surface area contributed by atoms with Crippen molar-refractivity contribution in [3.05, 3.63) is 24.3 Å². The van der Waals surface area contributed by atoms with Gasteiger partial charge in [-0.1, -0.05) is 26.0 Å². The highest BCUT2D eigenvalue weighted by Crippen LogP contribution is 2.31. The summed E-state index contributed by atoms with van der Waals surface area (Å²) in [5.74, 6) is 0. The number of hydrogen-bond donors (Lipinski definition) is 1. The molecule has 0 saturated carbocycles. The molecule has 3 heteroatoms. The molecule has 0 spiro atoms. The first kappa shape index (κ1) is 13.8. The summed E-state index contributed by atoms with van der Waals surface area (Å²) in [6, 6.07) is 8.76. The molecule has 1 saturated heterocycles. The Balaban J connectivity index is 2.23. The average Bonchev–Trinajstić information content (AvgIpc) is 2.47. The lowest BCUT2D eigenvalue weighted by Crippen LogP contribution is -2.60. The van der Waals surface area contributed by atoms with Gasteiger partial charge in [0.15, 0.2) is 0 Å². The standard InChI is InChI=1S/C15H24N2S/c1-4-15(5-2)12-17(11-10-16-15)13-8-6-7-9-14(13)18-3/h6-9,16H,4-5,10-12H2,1-3H3. The van der Waals surface area contributed by atoms with Gasteiger partial charge in [-0.2, -0.15) is 0 Å². The molecule has 0 bridgehead atoms. The third-order valence-corrected chi connectivity index (χ3v) is 4.94. The minimum absolute atomic E-state index is 0.295. The number of para-hydroxylation sites is 1. The fourth-order valence-electron chi connectivity index (χ4n) is 2.78. The second-order valence-electron chi connectivity index (χ2n) is 5.01. The van der Waals surface area contributed by atoms with Crippen LogP contribution in [0.4, 0.5) is 5.69 Å². The van der Waals surface area contributed by atoms with Gasteiger partial charge in [0.25, 0.3) is 0 Å². The van der Waals surface area contributed by atoms with Crippen molar-refractivity contribution >= 4 is 17.4 Å². The van der Waals surface area contributed by atoms with Crippen LogP contribution in [0.15, 0.2) is 29.2 Å². The molecule has 18 heavy (non-hydrogen) atoms. The molecule has 0 aliphatic carbocycles. The summed E-state index contributed by atoms with van der Waals surface area (Å²) in [4.78, 5) is 3.94. The van der Waals surface area contributed by atoms with Crippen molar-refractivity contribution in [2.45, 2.75) is 37.1 Å². The predicted molar refractivity (Wildman–Crippen MR) is 81.8 cm³/mol. The fourth-order valence-corrected chi connectivity index (χ4v) is 3.40. The summed E-state index contributed by atoms with van der Waals surface area (Å²) in [6.07, 6.45) is 4.55. The van der Waals surface area contributed by atoms with Gasteiger partial charge in [-0.05, 0) is 31.2 Å².